The minimum atomic E-state index is -0.483. The van der Waals surface area contributed by atoms with E-state index < -0.39 is 5.60 Å². The third-order valence-electron chi connectivity index (χ3n) is 2.36. The van der Waals surface area contributed by atoms with Crippen molar-refractivity contribution in [1.29, 1.82) is 0 Å². The second-order valence-electron chi connectivity index (χ2n) is 4.88. The molecule has 6 nitrogen and oxygen atoms in total. The second kappa shape index (κ2) is 5.07. The van der Waals surface area contributed by atoms with Crippen LogP contribution in [0, 0.1) is 0 Å². The van der Waals surface area contributed by atoms with Crippen LogP contribution in [0.3, 0.4) is 0 Å². The van der Waals surface area contributed by atoms with Gasteiger partial charge in [0.2, 0.25) is 0 Å². The van der Waals surface area contributed by atoms with Crippen molar-refractivity contribution in [2.24, 2.45) is 5.11 Å². The van der Waals surface area contributed by atoms with Crippen molar-refractivity contribution in [3.63, 3.8) is 0 Å². The van der Waals surface area contributed by atoms with Gasteiger partial charge in [0, 0.05) is 24.0 Å². The molecule has 1 atom stereocenters. The van der Waals surface area contributed by atoms with Gasteiger partial charge in [0.05, 0.1) is 0 Å². The van der Waals surface area contributed by atoms with Gasteiger partial charge in [0.25, 0.3) is 0 Å². The van der Waals surface area contributed by atoms with Crippen molar-refractivity contribution in [2.75, 3.05) is 13.1 Å². The summed E-state index contributed by atoms with van der Waals surface area (Å²) in [6.45, 7) is 6.52. The summed E-state index contributed by atoms with van der Waals surface area (Å²) in [6.07, 6.45) is 1.49. The maximum absolute atomic E-state index is 11.8. The molecule has 1 fully saturated rings. The normalized spacial score (nSPS) is 20.4. The second-order valence-corrected chi connectivity index (χ2v) is 4.88. The standard InChI is InChI=1S/C10H18N4O2/c1-10(2,3)16-9(15)14-6-4-5-8(14)7-12-13-11/h8H,4-7H2,1-3H3/t8-/m0/s1. The summed E-state index contributed by atoms with van der Waals surface area (Å²) in [5, 5.41) is 3.51. The van der Waals surface area contributed by atoms with Crippen molar-refractivity contribution >= 4 is 6.09 Å². The monoisotopic (exact) mass is 226 g/mol. The summed E-state index contributed by atoms with van der Waals surface area (Å²) in [7, 11) is 0. The van der Waals surface area contributed by atoms with E-state index in [1.165, 1.54) is 0 Å². The Bertz CT molecular complexity index is 304. The van der Waals surface area contributed by atoms with Gasteiger partial charge in [-0.2, -0.15) is 0 Å². The van der Waals surface area contributed by atoms with Crippen LogP contribution >= 0.6 is 0 Å². The predicted octanol–water partition coefficient (Wildman–Crippen LogP) is 2.70. The van der Waals surface area contributed by atoms with E-state index in [-0.39, 0.29) is 12.1 Å². The molecule has 1 amide bonds. The molecular formula is C10H18N4O2. The van der Waals surface area contributed by atoms with Gasteiger partial charge in [0.15, 0.2) is 0 Å². The highest BCUT2D eigenvalue weighted by Crippen LogP contribution is 2.20. The molecule has 0 radical (unpaired) electrons. The van der Waals surface area contributed by atoms with E-state index in [0.29, 0.717) is 13.1 Å². The van der Waals surface area contributed by atoms with E-state index in [1.807, 2.05) is 20.8 Å². The number of azide groups is 1. The van der Waals surface area contributed by atoms with Crippen LogP contribution in [0.2, 0.25) is 0 Å². The topological polar surface area (TPSA) is 78.3 Å². The zero-order chi connectivity index (χ0) is 12.2. The summed E-state index contributed by atoms with van der Waals surface area (Å²) < 4.78 is 5.28. The molecule has 1 saturated heterocycles. The quantitative estimate of drug-likeness (QED) is 0.412. The molecule has 0 spiro atoms. The molecule has 0 saturated carbocycles. The highest BCUT2D eigenvalue weighted by molar-refractivity contribution is 5.69. The van der Waals surface area contributed by atoms with E-state index in [4.69, 9.17) is 10.3 Å². The fourth-order valence-corrected chi connectivity index (χ4v) is 1.72. The van der Waals surface area contributed by atoms with Gasteiger partial charge in [-0.05, 0) is 39.1 Å². The van der Waals surface area contributed by atoms with E-state index >= 15 is 0 Å². The van der Waals surface area contributed by atoms with Crippen molar-refractivity contribution in [3.8, 4) is 0 Å². The van der Waals surface area contributed by atoms with Crippen molar-refractivity contribution in [2.45, 2.75) is 45.3 Å². The molecule has 0 aliphatic carbocycles. The smallest absolute Gasteiger partial charge is 0.410 e. The SMILES string of the molecule is CC(C)(C)OC(=O)N1CCC[C@H]1CN=[N+]=[N-]. The van der Waals surface area contributed by atoms with Gasteiger partial charge in [-0.1, -0.05) is 5.11 Å². The Balaban J connectivity index is 2.57. The lowest BCUT2D eigenvalue weighted by Gasteiger charge is -2.27. The molecule has 0 aromatic rings. The van der Waals surface area contributed by atoms with Crippen LogP contribution < -0.4 is 0 Å². The fourth-order valence-electron chi connectivity index (χ4n) is 1.72. The maximum Gasteiger partial charge on any atom is 0.410 e. The Morgan fingerprint density at radius 2 is 2.31 bits per heavy atom. The van der Waals surface area contributed by atoms with Crippen LogP contribution in [0.4, 0.5) is 4.79 Å². The van der Waals surface area contributed by atoms with Crippen molar-refractivity contribution in [1.82, 2.24) is 4.90 Å². The number of nitrogens with zero attached hydrogens (tertiary/aromatic N) is 4. The largest absolute Gasteiger partial charge is 0.444 e. The van der Waals surface area contributed by atoms with E-state index in [9.17, 15) is 4.79 Å². The van der Waals surface area contributed by atoms with Crippen molar-refractivity contribution in [3.05, 3.63) is 10.4 Å². The summed E-state index contributed by atoms with van der Waals surface area (Å²) in [5.41, 5.74) is 7.78. The molecule has 1 heterocycles. The van der Waals surface area contributed by atoms with Gasteiger partial charge in [-0.3, -0.25) is 0 Å². The van der Waals surface area contributed by atoms with Crippen molar-refractivity contribution < 1.29 is 9.53 Å². The number of likely N-dealkylation sites (tertiary alicyclic amines) is 1. The summed E-state index contributed by atoms with van der Waals surface area (Å²) >= 11 is 0. The average Bonchev–Trinajstić information content (AvgIpc) is 2.59. The molecule has 0 bridgehead atoms. The summed E-state index contributed by atoms with van der Waals surface area (Å²) in [4.78, 5) is 16.2. The van der Waals surface area contributed by atoms with E-state index in [1.54, 1.807) is 4.90 Å². The van der Waals surface area contributed by atoms with Gasteiger partial charge in [-0.15, -0.1) is 0 Å². The van der Waals surface area contributed by atoms with E-state index in [2.05, 4.69) is 10.0 Å². The molecule has 16 heavy (non-hydrogen) atoms. The molecule has 0 N–H and O–H groups in total. The lowest BCUT2D eigenvalue weighted by molar-refractivity contribution is 0.0232. The first-order chi connectivity index (χ1) is 7.44. The summed E-state index contributed by atoms with van der Waals surface area (Å²) in [5.74, 6) is 0. The van der Waals surface area contributed by atoms with Crippen LogP contribution in [0.15, 0.2) is 5.11 Å². The van der Waals surface area contributed by atoms with Crippen LogP contribution in [0.1, 0.15) is 33.6 Å². The number of ether oxygens (including phenoxy) is 1. The highest BCUT2D eigenvalue weighted by atomic mass is 16.6. The Morgan fingerprint density at radius 3 is 2.88 bits per heavy atom. The molecule has 0 unspecified atom stereocenters. The van der Waals surface area contributed by atoms with Gasteiger partial charge in [0.1, 0.15) is 5.60 Å². The third-order valence-corrected chi connectivity index (χ3v) is 2.36. The first kappa shape index (κ1) is 12.6. The first-order valence-electron chi connectivity index (χ1n) is 5.44. The number of rotatable bonds is 2. The zero-order valence-electron chi connectivity index (χ0n) is 10.0. The highest BCUT2D eigenvalue weighted by Gasteiger charge is 2.31. The molecule has 90 valence electrons. The van der Waals surface area contributed by atoms with Gasteiger partial charge < -0.3 is 9.64 Å². The zero-order valence-corrected chi connectivity index (χ0v) is 10.0. The molecule has 1 rings (SSSR count). The van der Waals surface area contributed by atoms with E-state index in [0.717, 1.165) is 12.8 Å². The molecule has 1 aliphatic rings. The van der Waals surface area contributed by atoms with Crippen LogP contribution in [0.25, 0.3) is 10.4 Å². The lowest BCUT2D eigenvalue weighted by Crippen LogP contribution is -2.40. The minimum Gasteiger partial charge on any atom is -0.444 e. The predicted molar refractivity (Wildman–Crippen MR) is 60.0 cm³/mol. The average molecular weight is 226 g/mol. The lowest BCUT2D eigenvalue weighted by atomic mass is 10.2. The molecule has 6 heteroatoms. The first-order valence-corrected chi connectivity index (χ1v) is 5.44. The molecule has 0 aromatic heterocycles. The summed E-state index contributed by atoms with van der Waals surface area (Å²) in [6, 6.07) is -0.00856. The number of carbonyl (C=O) groups is 1. The van der Waals surface area contributed by atoms with Crippen LogP contribution in [-0.2, 0) is 4.74 Å². The number of hydrogen-bond acceptors (Lipinski definition) is 3. The fraction of sp³-hybridized carbons (Fsp3) is 0.900. The van der Waals surface area contributed by atoms with Gasteiger partial charge >= 0.3 is 6.09 Å². The molecular weight excluding hydrogens is 208 g/mol. The maximum atomic E-state index is 11.8. The Hall–Kier alpha value is -1.42. The minimum absolute atomic E-state index is 0.00856. The van der Waals surface area contributed by atoms with Crippen LogP contribution in [0.5, 0.6) is 0 Å². The number of carbonyl (C=O) groups excluding carboxylic acids is 1. The Labute approximate surface area is 95.2 Å². The molecule has 1 aliphatic heterocycles. The third kappa shape index (κ3) is 3.62. The number of hydrogen-bond donors (Lipinski definition) is 0. The Morgan fingerprint density at radius 1 is 1.62 bits per heavy atom. The van der Waals surface area contributed by atoms with Crippen LogP contribution in [-0.4, -0.2) is 35.7 Å². The molecule has 0 aromatic carbocycles. The van der Waals surface area contributed by atoms with Gasteiger partial charge in [-0.25, -0.2) is 4.79 Å². The Kier molecular flexibility index (Phi) is 4.01. The number of amides is 1.